The molecule has 2 atom stereocenters. The van der Waals surface area contributed by atoms with Crippen LogP contribution in [0.25, 0.3) is 0 Å². The maximum absolute atomic E-state index is 12.1. The molecule has 30 heavy (non-hydrogen) atoms. The summed E-state index contributed by atoms with van der Waals surface area (Å²) in [5, 5.41) is 4.62. The Morgan fingerprint density at radius 2 is 2.03 bits per heavy atom. The van der Waals surface area contributed by atoms with Gasteiger partial charge in [-0.2, -0.15) is 0 Å². The summed E-state index contributed by atoms with van der Waals surface area (Å²) in [5.74, 6) is 2.51. The van der Waals surface area contributed by atoms with Gasteiger partial charge in [0.2, 0.25) is 0 Å². The molecular weight excluding hydrogens is 424 g/mol. The second-order valence-electron chi connectivity index (χ2n) is 7.30. The average Bonchev–Trinajstić information content (AvgIpc) is 3.38. The molecule has 4 rings (SSSR count). The Balaban J connectivity index is 1.17. The van der Waals surface area contributed by atoms with E-state index in [9.17, 15) is 4.79 Å². The van der Waals surface area contributed by atoms with Crippen molar-refractivity contribution in [1.82, 2.24) is 10.2 Å². The number of carbonyl (C=O) groups is 1. The SMILES string of the molecule is O=C1OC(COc2cccc(Cl)c2)CN1CCOc1ccc(CC2CNCS2)cc1. The monoisotopic (exact) mass is 448 g/mol. The minimum atomic E-state index is -0.337. The number of nitrogens with one attached hydrogen (secondary N) is 1. The maximum atomic E-state index is 12.1. The van der Waals surface area contributed by atoms with Crippen molar-refractivity contribution in [3.8, 4) is 11.5 Å². The van der Waals surface area contributed by atoms with E-state index in [1.807, 2.05) is 36.0 Å². The Morgan fingerprint density at radius 1 is 1.17 bits per heavy atom. The van der Waals surface area contributed by atoms with Gasteiger partial charge in [0.1, 0.15) is 24.7 Å². The molecule has 0 aliphatic carbocycles. The first-order chi connectivity index (χ1) is 14.7. The van der Waals surface area contributed by atoms with Gasteiger partial charge in [0.25, 0.3) is 0 Å². The van der Waals surface area contributed by atoms with E-state index in [0.29, 0.717) is 42.3 Å². The average molecular weight is 449 g/mol. The van der Waals surface area contributed by atoms with Crippen LogP contribution in [0.3, 0.4) is 0 Å². The summed E-state index contributed by atoms with van der Waals surface area (Å²) in [6.07, 6.45) is 0.422. The van der Waals surface area contributed by atoms with Crippen molar-refractivity contribution in [3.05, 3.63) is 59.1 Å². The highest BCUT2D eigenvalue weighted by Gasteiger charge is 2.31. The molecule has 0 aromatic heterocycles. The Labute approximate surface area is 185 Å². The number of carbonyl (C=O) groups excluding carboxylic acids is 1. The fourth-order valence-corrected chi connectivity index (χ4v) is 4.63. The highest BCUT2D eigenvalue weighted by Crippen LogP contribution is 2.22. The van der Waals surface area contributed by atoms with Gasteiger partial charge in [-0.1, -0.05) is 29.8 Å². The van der Waals surface area contributed by atoms with Crippen molar-refractivity contribution in [1.29, 1.82) is 0 Å². The Hall–Kier alpha value is -2.09. The molecule has 2 saturated heterocycles. The van der Waals surface area contributed by atoms with Gasteiger partial charge in [-0.25, -0.2) is 4.79 Å². The van der Waals surface area contributed by atoms with Crippen LogP contribution < -0.4 is 14.8 Å². The molecule has 2 aromatic rings. The molecule has 0 saturated carbocycles. The number of halogens is 1. The van der Waals surface area contributed by atoms with E-state index in [1.165, 1.54) is 5.56 Å². The summed E-state index contributed by atoms with van der Waals surface area (Å²) < 4.78 is 16.9. The number of benzene rings is 2. The van der Waals surface area contributed by atoms with Gasteiger partial charge in [0, 0.05) is 22.7 Å². The molecule has 1 N–H and O–H groups in total. The molecule has 160 valence electrons. The molecule has 2 unspecified atom stereocenters. The van der Waals surface area contributed by atoms with Crippen LogP contribution in [0.4, 0.5) is 4.79 Å². The van der Waals surface area contributed by atoms with E-state index in [-0.39, 0.29) is 12.2 Å². The summed E-state index contributed by atoms with van der Waals surface area (Å²) in [6.45, 7) is 2.73. The zero-order valence-corrected chi connectivity index (χ0v) is 18.2. The third kappa shape index (κ3) is 5.97. The number of hydrogen-bond donors (Lipinski definition) is 1. The summed E-state index contributed by atoms with van der Waals surface area (Å²) in [4.78, 5) is 13.7. The lowest BCUT2D eigenvalue weighted by Gasteiger charge is -2.14. The fraction of sp³-hybridized carbons (Fsp3) is 0.409. The summed E-state index contributed by atoms with van der Waals surface area (Å²) in [5.41, 5.74) is 1.31. The first-order valence-electron chi connectivity index (χ1n) is 10.0. The van der Waals surface area contributed by atoms with E-state index < -0.39 is 0 Å². The summed E-state index contributed by atoms with van der Waals surface area (Å²) in [6, 6.07) is 15.4. The van der Waals surface area contributed by atoms with Gasteiger partial charge < -0.3 is 24.4 Å². The van der Waals surface area contributed by atoms with Crippen LogP contribution in [0.2, 0.25) is 5.02 Å². The van der Waals surface area contributed by atoms with Gasteiger partial charge >= 0.3 is 6.09 Å². The molecule has 0 bridgehead atoms. The molecule has 6 nitrogen and oxygen atoms in total. The van der Waals surface area contributed by atoms with Crippen molar-refractivity contribution >= 4 is 29.5 Å². The standard InChI is InChI=1S/C22H25ClN2O4S/c23-17-2-1-3-19(11-17)28-14-20-13-25(22(26)29-20)8-9-27-18-6-4-16(5-7-18)10-21-12-24-15-30-21/h1-7,11,20-21,24H,8-10,12-15H2. The highest BCUT2D eigenvalue weighted by molar-refractivity contribution is 8.00. The Kier molecular flexibility index (Phi) is 7.25. The predicted molar refractivity (Wildman–Crippen MR) is 119 cm³/mol. The molecule has 0 radical (unpaired) electrons. The summed E-state index contributed by atoms with van der Waals surface area (Å²) >= 11 is 7.92. The third-order valence-electron chi connectivity index (χ3n) is 4.99. The number of thioether (sulfide) groups is 1. The minimum Gasteiger partial charge on any atom is -0.492 e. The van der Waals surface area contributed by atoms with Crippen molar-refractivity contribution in [2.75, 3.05) is 38.7 Å². The smallest absolute Gasteiger partial charge is 0.410 e. The molecule has 2 aliphatic heterocycles. The van der Waals surface area contributed by atoms with E-state index in [0.717, 1.165) is 24.6 Å². The fourth-order valence-electron chi connectivity index (χ4n) is 3.44. The second-order valence-corrected chi connectivity index (χ2v) is 9.03. The Bertz CT molecular complexity index is 845. The topological polar surface area (TPSA) is 60.0 Å². The molecule has 2 aromatic carbocycles. The van der Waals surface area contributed by atoms with Crippen LogP contribution in [-0.2, 0) is 11.2 Å². The summed E-state index contributed by atoms with van der Waals surface area (Å²) in [7, 11) is 0. The Morgan fingerprint density at radius 3 is 2.80 bits per heavy atom. The van der Waals surface area contributed by atoms with Crippen LogP contribution in [0.1, 0.15) is 5.56 Å². The van der Waals surface area contributed by atoms with Gasteiger partial charge in [-0.15, -0.1) is 11.8 Å². The van der Waals surface area contributed by atoms with Gasteiger partial charge in [-0.3, -0.25) is 0 Å². The first kappa shape index (κ1) is 21.2. The van der Waals surface area contributed by atoms with Crippen molar-refractivity contribution in [3.63, 3.8) is 0 Å². The van der Waals surface area contributed by atoms with E-state index >= 15 is 0 Å². The van der Waals surface area contributed by atoms with Crippen molar-refractivity contribution in [2.24, 2.45) is 0 Å². The van der Waals surface area contributed by atoms with Gasteiger partial charge in [0.15, 0.2) is 6.10 Å². The molecule has 0 spiro atoms. The highest BCUT2D eigenvalue weighted by atomic mass is 35.5. The molecule has 2 fully saturated rings. The van der Waals surface area contributed by atoms with Crippen LogP contribution in [-0.4, -0.2) is 61.1 Å². The van der Waals surface area contributed by atoms with Gasteiger partial charge in [-0.05, 0) is 42.3 Å². The van der Waals surface area contributed by atoms with Crippen LogP contribution in [0.15, 0.2) is 48.5 Å². The minimum absolute atomic E-state index is 0.291. The lowest BCUT2D eigenvalue weighted by molar-refractivity contribution is 0.102. The van der Waals surface area contributed by atoms with Crippen molar-refractivity contribution < 1.29 is 19.0 Å². The van der Waals surface area contributed by atoms with Crippen LogP contribution >= 0.6 is 23.4 Å². The molecular formula is C22H25ClN2O4S. The number of ether oxygens (including phenoxy) is 3. The predicted octanol–water partition coefficient (Wildman–Crippen LogP) is 3.82. The molecule has 8 heteroatoms. The molecule has 2 heterocycles. The van der Waals surface area contributed by atoms with Crippen LogP contribution in [0.5, 0.6) is 11.5 Å². The zero-order valence-electron chi connectivity index (χ0n) is 16.6. The molecule has 2 aliphatic rings. The molecule has 1 amide bonds. The lowest BCUT2D eigenvalue weighted by Crippen LogP contribution is -2.30. The number of amides is 1. The first-order valence-corrected chi connectivity index (χ1v) is 11.5. The largest absolute Gasteiger partial charge is 0.492 e. The third-order valence-corrected chi connectivity index (χ3v) is 6.40. The lowest BCUT2D eigenvalue weighted by atomic mass is 10.1. The number of nitrogens with zero attached hydrogens (tertiary/aromatic N) is 1. The van der Waals surface area contributed by atoms with Gasteiger partial charge in [0.05, 0.1) is 13.1 Å². The second kappa shape index (κ2) is 10.3. The van der Waals surface area contributed by atoms with E-state index in [1.54, 1.807) is 17.0 Å². The number of cyclic esters (lactones) is 1. The zero-order chi connectivity index (χ0) is 20.8. The number of hydrogen-bond acceptors (Lipinski definition) is 6. The van der Waals surface area contributed by atoms with Crippen LogP contribution in [0, 0.1) is 0 Å². The van der Waals surface area contributed by atoms with Crippen molar-refractivity contribution in [2.45, 2.75) is 17.8 Å². The quantitative estimate of drug-likeness (QED) is 0.629. The van der Waals surface area contributed by atoms with E-state index in [4.69, 9.17) is 25.8 Å². The number of rotatable bonds is 9. The van der Waals surface area contributed by atoms with E-state index in [2.05, 4.69) is 17.4 Å². The normalized spacial score (nSPS) is 21.0. The maximum Gasteiger partial charge on any atom is 0.410 e.